The number of ether oxygens (including phenoxy) is 1. The number of thiophene rings is 1. The maximum atomic E-state index is 13.5. The number of hydrogen-bond acceptors (Lipinski definition) is 4. The van der Waals surface area contributed by atoms with Gasteiger partial charge in [-0.3, -0.25) is 9.59 Å². The molecular formula is C24H29ClN2O3S. The minimum Gasteiger partial charge on any atom is -0.378 e. The monoisotopic (exact) mass is 460 g/mol. The summed E-state index contributed by atoms with van der Waals surface area (Å²) >= 11 is 7.62. The third-order valence-corrected chi connectivity index (χ3v) is 7.72. The lowest BCUT2D eigenvalue weighted by atomic mass is 9.72. The van der Waals surface area contributed by atoms with E-state index in [1.165, 1.54) is 4.88 Å². The predicted molar refractivity (Wildman–Crippen MR) is 125 cm³/mol. The van der Waals surface area contributed by atoms with Gasteiger partial charge in [-0.05, 0) is 54.4 Å². The Labute approximate surface area is 192 Å². The lowest BCUT2D eigenvalue weighted by molar-refractivity contribution is 0.0303. The van der Waals surface area contributed by atoms with Crippen LogP contribution in [0.3, 0.4) is 0 Å². The van der Waals surface area contributed by atoms with E-state index in [0.29, 0.717) is 53.4 Å². The van der Waals surface area contributed by atoms with E-state index in [1.54, 1.807) is 35.6 Å². The van der Waals surface area contributed by atoms with E-state index in [4.69, 9.17) is 16.3 Å². The predicted octanol–water partition coefficient (Wildman–Crippen LogP) is 5.28. The molecule has 1 aromatic heterocycles. The molecule has 0 spiro atoms. The normalized spacial score (nSPS) is 19.1. The van der Waals surface area contributed by atoms with E-state index in [0.717, 1.165) is 24.8 Å². The van der Waals surface area contributed by atoms with Crippen molar-refractivity contribution in [2.45, 2.75) is 40.0 Å². The second-order valence-corrected chi connectivity index (χ2v) is 10.9. The Bertz CT molecular complexity index is 989. The molecule has 2 aromatic rings. The third kappa shape index (κ3) is 4.81. The first kappa shape index (κ1) is 22.3. The van der Waals surface area contributed by atoms with Gasteiger partial charge in [0.1, 0.15) is 5.00 Å². The fourth-order valence-corrected chi connectivity index (χ4v) is 5.87. The smallest absolute Gasteiger partial charge is 0.257 e. The van der Waals surface area contributed by atoms with Crippen LogP contribution in [0.2, 0.25) is 5.02 Å². The quantitative estimate of drug-likeness (QED) is 0.678. The number of morpholine rings is 1. The van der Waals surface area contributed by atoms with E-state index in [-0.39, 0.29) is 17.2 Å². The Kier molecular flexibility index (Phi) is 6.42. The molecule has 1 N–H and O–H groups in total. The number of carbonyl (C=O) groups excluding carboxylic acids is 2. The summed E-state index contributed by atoms with van der Waals surface area (Å²) in [4.78, 5) is 29.5. The number of hydrogen-bond donors (Lipinski definition) is 1. The SMILES string of the molecule is CC(C)(C)[C@H]1CCc2c(sc(NC(=O)c3cccc(Cl)c3)c2C(=O)N2CCOCC2)C1. The highest BCUT2D eigenvalue weighted by atomic mass is 35.5. The van der Waals surface area contributed by atoms with Gasteiger partial charge in [0.25, 0.3) is 11.8 Å². The van der Waals surface area contributed by atoms with Crippen LogP contribution in [0.25, 0.3) is 0 Å². The van der Waals surface area contributed by atoms with E-state index in [2.05, 4.69) is 26.1 Å². The highest BCUT2D eigenvalue weighted by Crippen LogP contribution is 2.44. The molecule has 1 aliphatic heterocycles. The number of nitrogens with one attached hydrogen (secondary N) is 1. The number of fused-ring (bicyclic) bond motifs is 1. The number of nitrogens with zero attached hydrogens (tertiary/aromatic N) is 1. The number of rotatable bonds is 3. The molecule has 1 atom stereocenters. The summed E-state index contributed by atoms with van der Waals surface area (Å²) < 4.78 is 5.42. The summed E-state index contributed by atoms with van der Waals surface area (Å²) in [7, 11) is 0. The second kappa shape index (κ2) is 8.93. The summed E-state index contributed by atoms with van der Waals surface area (Å²) in [6.45, 7) is 9.09. The van der Waals surface area contributed by atoms with E-state index < -0.39 is 0 Å². The first-order valence-electron chi connectivity index (χ1n) is 10.8. The second-order valence-electron chi connectivity index (χ2n) is 9.38. The van der Waals surface area contributed by atoms with Gasteiger partial charge < -0.3 is 15.0 Å². The maximum Gasteiger partial charge on any atom is 0.257 e. The number of carbonyl (C=O) groups is 2. The largest absolute Gasteiger partial charge is 0.378 e. The molecule has 1 aliphatic carbocycles. The van der Waals surface area contributed by atoms with Crippen LogP contribution >= 0.6 is 22.9 Å². The number of halogens is 1. The summed E-state index contributed by atoms with van der Waals surface area (Å²) in [5.41, 5.74) is 2.48. The van der Waals surface area contributed by atoms with Crippen molar-refractivity contribution in [2.24, 2.45) is 11.3 Å². The van der Waals surface area contributed by atoms with Crippen LogP contribution < -0.4 is 5.32 Å². The van der Waals surface area contributed by atoms with Gasteiger partial charge in [0.05, 0.1) is 18.8 Å². The first-order valence-corrected chi connectivity index (χ1v) is 12.0. The van der Waals surface area contributed by atoms with Crippen LogP contribution in [0.15, 0.2) is 24.3 Å². The van der Waals surface area contributed by atoms with Crippen LogP contribution in [0.5, 0.6) is 0 Å². The molecule has 0 bridgehead atoms. The molecule has 1 saturated heterocycles. The Morgan fingerprint density at radius 2 is 1.97 bits per heavy atom. The lowest BCUT2D eigenvalue weighted by Crippen LogP contribution is -2.41. The molecule has 166 valence electrons. The topological polar surface area (TPSA) is 58.6 Å². The van der Waals surface area contributed by atoms with Crippen molar-refractivity contribution in [3.05, 3.63) is 50.9 Å². The molecule has 2 heterocycles. The average Bonchev–Trinajstić information content (AvgIpc) is 3.10. The zero-order valence-electron chi connectivity index (χ0n) is 18.3. The van der Waals surface area contributed by atoms with Crippen LogP contribution in [0.1, 0.15) is 58.3 Å². The van der Waals surface area contributed by atoms with E-state index >= 15 is 0 Å². The molecule has 1 fully saturated rings. The molecule has 0 saturated carbocycles. The molecule has 2 amide bonds. The molecule has 4 rings (SSSR count). The first-order chi connectivity index (χ1) is 14.7. The highest BCUT2D eigenvalue weighted by molar-refractivity contribution is 7.17. The van der Waals surface area contributed by atoms with Crippen molar-refractivity contribution in [1.82, 2.24) is 4.90 Å². The summed E-state index contributed by atoms with van der Waals surface area (Å²) in [6, 6.07) is 6.87. The van der Waals surface area contributed by atoms with E-state index in [1.807, 2.05) is 4.90 Å². The molecule has 2 aliphatic rings. The molecule has 0 radical (unpaired) electrons. The van der Waals surface area contributed by atoms with Crippen molar-refractivity contribution in [2.75, 3.05) is 31.6 Å². The van der Waals surface area contributed by atoms with Crippen LogP contribution in [0, 0.1) is 11.3 Å². The third-order valence-electron chi connectivity index (χ3n) is 6.32. The average molecular weight is 461 g/mol. The minimum absolute atomic E-state index is 0.00333. The van der Waals surface area contributed by atoms with Gasteiger partial charge in [-0.15, -0.1) is 11.3 Å². The Hall–Kier alpha value is -1.89. The molecular weight excluding hydrogens is 432 g/mol. The van der Waals surface area contributed by atoms with Crippen molar-refractivity contribution >= 4 is 39.8 Å². The summed E-state index contributed by atoms with van der Waals surface area (Å²) in [5.74, 6) is 0.308. The Balaban J connectivity index is 1.68. The van der Waals surface area contributed by atoms with Crippen molar-refractivity contribution in [3.8, 4) is 0 Å². The fourth-order valence-electron chi connectivity index (χ4n) is 4.37. The Morgan fingerprint density at radius 3 is 2.65 bits per heavy atom. The molecule has 5 nitrogen and oxygen atoms in total. The zero-order valence-corrected chi connectivity index (χ0v) is 19.9. The number of anilines is 1. The highest BCUT2D eigenvalue weighted by Gasteiger charge is 2.35. The Morgan fingerprint density at radius 1 is 1.23 bits per heavy atom. The fraction of sp³-hybridized carbons (Fsp3) is 0.500. The molecule has 1 aromatic carbocycles. The van der Waals surface area contributed by atoms with Crippen LogP contribution in [0.4, 0.5) is 5.00 Å². The van der Waals surface area contributed by atoms with Crippen molar-refractivity contribution in [1.29, 1.82) is 0 Å². The molecule has 7 heteroatoms. The lowest BCUT2D eigenvalue weighted by Gasteiger charge is -2.34. The van der Waals surface area contributed by atoms with Gasteiger partial charge in [-0.25, -0.2) is 0 Å². The van der Waals surface area contributed by atoms with Crippen LogP contribution in [-0.4, -0.2) is 43.0 Å². The zero-order chi connectivity index (χ0) is 22.2. The molecule has 0 unspecified atom stereocenters. The van der Waals surface area contributed by atoms with Gasteiger partial charge in [0.2, 0.25) is 0 Å². The number of benzene rings is 1. The maximum absolute atomic E-state index is 13.5. The van der Waals surface area contributed by atoms with E-state index in [9.17, 15) is 9.59 Å². The van der Waals surface area contributed by atoms with Gasteiger partial charge in [-0.2, -0.15) is 0 Å². The number of amides is 2. The standard InChI is InChI=1S/C24H29ClN2O3S/c1-24(2,3)16-7-8-18-19(14-16)31-22(20(18)23(29)27-9-11-30-12-10-27)26-21(28)15-5-4-6-17(25)13-15/h4-6,13,16H,7-12,14H2,1-3H3,(H,26,28)/t16-/m0/s1. The van der Waals surface area contributed by atoms with Gasteiger partial charge in [0, 0.05) is 28.6 Å². The van der Waals surface area contributed by atoms with Gasteiger partial charge >= 0.3 is 0 Å². The van der Waals surface area contributed by atoms with Crippen LogP contribution in [-0.2, 0) is 17.6 Å². The molecule has 31 heavy (non-hydrogen) atoms. The van der Waals surface area contributed by atoms with Crippen molar-refractivity contribution in [3.63, 3.8) is 0 Å². The van der Waals surface area contributed by atoms with Crippen molar-refractivity contribution < 1.29 is 14.3 Å². The van der Waals surface area contributed by atoms with Gasteiger partial charge in [-0.1, -0.05) is 38.4 Å². The van der Waals surface area contributed by atoms with Gasteiger partial charge in [0.15, 0.2) is 0 Å². The summed E-state index contributed by atoms with van der Waals surface area (Å²) in [6.07, 6.45) is 2.87. The summed E-state index contributed by atoms with van der Waals surface area (Å²) in [5, 5.41) is 4.19. The minimum atomic E-state index is -0.246.